The molecule has 4 rings (SSSR count). The molecule has 0 spiro atoms. The van der Waals surface area contributed by atoms with Gasteiger partial charge in [0, 0.05) is 48.1 Å². The number of carbonyl (C=O) groups is 1. The highest BCUT2D eigenvalue weighted by Gasteiger charge is 2.16. The number of aromatic nitrogens is 3. The lowest BCUT2D eigenvalue weighted by Crippen LogP contribution is -2.31. The van der Waals surface area contributed by atoms with E-state index in [0.717, 1.165) is 44.5 Å². The highest BCUT2D eigenvalue weighted by molar-refractivity contribution is 7.16. The Balaban J connectivity index is 1.55. The van der Waals surface area contributed by atoms with Crippen LogP contribution in [-0.2, 0) is 0 Å². The summed E-state index contributed by atoms with van der Waals surface area (Å²) in [7, 11) is 3.94. The van der Waals surface area contributed by atoms with Crippen LogP contribution in [0.2, 0.25) is 0 Å². The molecule has 0 fully saturated rings. The zero-order valence-electron chi connectivity index (χ0n) is 19.0. The molecule has 1 amide bonds. The first-order valence-electron chi connectivity index (χ1n) is 10.6. The topological polar surface area (TPSA) is 95.1 Å². The van der Waals surface area contributed by atoms with Crippen molar-refractivity contribution < 1.29 is 4.79 Å². The predicted octanol–water partition coefficient (Wildman–Crippen LogP) is 4.67. The highest BCUT2D eigenvalue weighted by atomic mass is 32.1. The fourth-order valence-corrected chi connectivity index (χ4v) is 4.73. The molecule has 0 atom stereocenters. The third-order valence-electron chi connectivity index (χ3n) is 4.76. The van der Waals surface area contributed by atoms with Gasteiger partial charge in [0.1, 0.15) is 16.5 Å². The van der Waals surface area contributed by atoms with E-state index in [-0.39, 0.29) is 11.9 Å². The number of hydrogen-bond acceptors (Lipinski definition) is 9. The van der Waals surface area contributed by atoms with Gasteiger partial charge < -0.3 is 20.9 Å². The van der Waals surface area contributed by atoms with Crippen LogP contribution in [0.1, 0.15) is 24.3 Å². The molecule has 0 unspecified atom stereocenters. The van der Waals surface area contributed by atoms with Crippen molar-refractivity contribution in [2.45, 2.75) is 19.9 Å². The minimum atomic E-state index is -0.164. The number of nitrogens with zero attached hydrogens (tertiary/aromatic N) is 4. The van der Waals surface area contributed by atoms with Crippen molar-refractivity contribution in [3.8, 4) is 10.6 Å². The van der Waals surface area contributed by atoms with E-state index in [0.29, 0.717) is 12.2 Å². The number of carbonyl (C=O) groups excluding carboxylic acids is 1. The fraction of sp³-hybridized carbons (Fsp3) is 0.304. The summed E-state index contributed by atoms with van der Waals surface area (Å²) in [5, 5.41) is 12.3. The second-order valence-electron chi connectivity index (χ2n) is 8.17. The largest absolute Gasteiger partial charge is 0.382 e. The van der Waals surface area contributed by atoms with E-state index in [1.165, 1.54) is 11.3 Å². The molecule has 3 N–H and O–H groups in total. The van der Waals surface area contributed by atoms with Gasteiger partial charge in [-0.3, -0.25) is 4.79 Å². The molecule has 0 saturated heterocycles. The SMILES string of the molecule is CC(C)Nc1cc(Nc2ccc3ncsc3c2)ncc1-c1nc(C(=O)NCCN(C)C)cs1. The van der Waals surface area contributed by atoms with Gasteiger partial charge >= 0.3 is 0 Å². The van der Waals surface area contributed by atoms with Crippen molar-refractivity contribution >= 4 is 56.0 Å². The summed E-state index contributed by atoms with van der Waals surface area (Å²) in [5.41, 5.74) is 5.98. The normalized spacial score (nSPS) is 11.3. The van der Waals surface area contributed by atoms with Crippen LogP contribution < -0.4 is 16.0 Å². The number of thiazole rings is 2. The second-order valence-corrected chi connectivity index (χ2v) is 9.92. The summed E-state index contributed by atoms with van der Waals surface area (Å²) in [6, 6.07) is 8.26. The lowest BCUT2D eigenvalue weighted by Gasteiger charge is -2.15. The number of benzene rings is 1. The van der Waals surface area contributed by atoms with E-state index < -0.39 is 0 Å². The molecular formula is C23H27N7OS2. The monoisotopic (exact) mass is 481 g/mol. The molecule has 10 heteroatoms. The lowest BCUT2D eigenvalue weighted by molar-refractivity contribution is 0.0947. The van der Waals surface area contributed by atoms with Gasteiger partial charge in [-0.1, -0.05) is 0 Å². The van der Waals surface area contributed by atoms with Crippen LogP contribution >= 0.6 is 22.7 Å². The predicted molar refractivity (Wildman–Crippen MR) is 138 cm³/mol. The van der Waals surface area contributed by atoms with Crippen LogP contribution in [0.15, 0.2) is 41.4 Å². The van der Waals surface area contributed by atoms with Gasteiger partial charge in [0.2, 0.25) is 0 Å². The summed E-state index contributed by atoms with van der Waals surface area (Å²) in [5.74, 6) is 0.561. The number of hydrogen-bond donors (Lipinski definition) is 3. The van der Waals surface area contributed by atoms with E-state index in [9.17, 15) is 4.79 Å². The zero-order valence-corrected chi connectivity index (χ0v) is 20.7. The Bertz CT molecular complexity index is 1250. The van der Waals surface area contributed by atoms with Gasteiger partial charge in [-0.25, -0.2) is 15.0 Å². The maximum atomic E-state index is 12.4. The van der Waals surface area contributed by atoms with Crippen molar-refractivity contribution in [2.24, 2.45) is 0 Å². The molecule has 4 aromatic rings. The first-order valence-corrected chi connectivity index (χ1v) is 12.4. The Labute approximate surface area is 201 Å². The molecule has 0 bridgehead atoms. The van der Waals surface area contributed by atoms with E-state index in [1.54, 1.807) is 22.9 Å². The van der Waals surface area contributed by atoms with Gasteiger partial charge in [0.15, 0.2) is 0 Å². The summed E-state index contributed by atoms with van der Waals surface area (Å²) in [6.45, 7) is 5.52. The summed E-state index contributed by atoms with van der Waals surface area (Å²) in [4.78, 5) is 28.0. The summed E-state index contributed by atoms with van der Waals surface area (Å²) < 4.78 is 1.12. The summed E-state index contributed by atoms with van der Waals surface area (Å²) in [6.07, 6.45) is 1.80. The molecule has 0 aliphatic carbocycles. The summed E-state index contributed by atoms with van der Waals surface area (Å²) >= 11 is 3.04. The van der Waals surface area contributed by atoms with Gasteiger partial charge in [0.05, 0.1) is 21.3 Å². The molecule has 8 nitrogen and oxygen atoms in total. The quantitative estimate of drug-likeness (QED) is 0.320. The lowest BCUT2D eigenvalue weighted by atomic mass is 10.2. The Hall–Kier alpha value is -3.08. The minimum Gasteiger partial charge on any atom is -0.382 e. The molecule has 0 radical (unpaired) electrons. The Morgan fingerprint density at radius 3 is 2.79 bits per heavy atom. The molecule has 1 aromatic carbocycles. The first-order chi connectivity index (χ1) is 15.9. The number of nitrogens with one attached hydrogen (secondary N) is 3. The van der Waals surface area contributed by atoms with Gasteiger partial charge in [-0.2, -0.15) is 0 Å². The van der Waals surface area contributed by atoms with E-state index >= 15 is 0 Å². The molecule has 172 valence electrons. The van der Waals surface area contributed by atoms with Crippen molar-refractivity contribution in [1.29, 1.82) is 0 Å². The first kappa shape index (κ1) is 23.1. The Morgan fingerprint density at radius 2 is 2.00 bits per heavy atom. The average molecular weight is 482 g/mol. The molecule has 3 aromatic heterocycles. The van der Waals surface area contributed by atoms with Crippen molar-refractivity contribution in [3.63, 3.8) is 0 Å². The van der Waals surface area contributed by atoms with Crippen LogP contribution in [0.3, 0.4) is 0 Å². The maximum Gasteiger partial charge on any atom is 0.270 e. The maximum absolute atomic E-state index is 12.4. The van der Waals surface area contributed by atoms with Crippen LogP contribution in [0.25, 0.3) is 20.8 Å². The van der Waals surface area contributed by atoms with Crippen molar-refractivity contribution in [1.82, 2.24) is 25.2 Å². The van der Waals surface area contributed by atoms with Crippen molar-refractivity contribution in [2.75, 3.05) is 37.8 Å². The van der Waals surface area contributed by atoms with Crippen LogP contribution in [-0.4, -0.2) is 59.0 Å². The molecule has 0 saturated carbocycles. The number of pyridine rings is 1. The average Bonchev–Trinajstić information content (AvgIpc) is 3.42. The molecule has 3 heterocycles. The standard InChI is InChI=1S/C23H27N7OS2/c1-14(2)27-18-10-21(28-15-5-6-17-20(9-15)33-13-26-17)25-11-16(18)23-29-19(12-32-23)22(31)24-7-8-30(3)4/h5-6,9-14H,7-8H2,1-4H3,(H,24,31)(H2,25,27,28). The second kappa shape index (κ2) is 10.2. The van der Waals surface area contributed by atoms with E-state index in [1.807, 2.05) is 42.7 Å². The number of amides is 1. The number of likely N-dealkylation sites (N-methyl/N-ethyl adjacent to an activating group) is 1. The number of fused-ring (bicyclic) bond motifs is 1. The van der Waals surface area contributed by atoms with Crippen molar-refractivity contribution in [3.05, 3.63) is 47.0 Å². The van der Waals surface area contributed by atoms with Crippen LogP contribution in [0.4, 0.5) is 17.2 Å². The Morgan fingerprint density at radius 1 is 1.15 bits per heavy atom. The van der Waals surface area contributed by atoms with Crippen LogP contribution in [0.5, 0.6) is 0 Å². The van der Waals surface area contributed by atoms with Gasteiger partial charge in [-0.15, -0.1) is 22.7 Å². The number of anilines is 3. The zero-order chi connectivity index (χ0) is 23.4. The van der Waals surface area contributed by atoms with Crippen LogP contribution in [0, 0.1) is 0 Å². The molecule has 0 aliphatic rings. The van der Waals surface area contributed by atoms with Gasteiger partial charge in [0.25, 0.3) is 5.91 Å². The minimum absolute atomic E-state index is 0.164. The fourth-order valence-electron chi connectivity index (χ4n) is 3.19. The third-order valence-corrected chi connectivity index (χ3v) is 6.43. The van der Waals surface area contributed by atoms with Gasteiger partial charge in [-0.05, 0) is 46.1 Å². The van der Waals surface area contributed by atoms with E-state index in [2.05, 4.69) is 50.8 Å². The molecule has 33 heavy (non-hydrogen) atoms. The van der Waals surface area contributed by atoms with E-state index in [4.69, 9.17) is 0 Å². The highest BCUT2D eigenvalue weighted by Crippen LogP contribution is 2.33. The Kier molecular flexibility index (Phi) is 7.17. The molecular weight excluding hydrogens is 454 g/mol. The smallest absolute Gasteiger partial charge is 0.270 e. The number of rotatable bonds is 9. The molecule has 0 aliphatic heterocycles. The third kappa shape index (κ3) is 5.84.